The van der Waals surface area contributed by atoms with Gasteiger partial charge in [-0.2, -0.15) is 0 Å². The maximum Gasteiger partial charge on any atom is 0.261 e. The van der Waals surface area contributed by atoms with Gasteiger partial charge < -0.3 is 5.32 Å². The predicted molar refractivity (Wildman–Crippen MR) is 127 cm³/mol. The normalized spacial score (nSPS) is 11.2. The second-order valence-electron chi connectivity index (χ2n) is 7.37. The number of nitrogens with one attached hydrogen (secondary N) is 2. The van der Waals surface area contributed by atoms with Crippen LogP contribution in [-0.4, -0.2) is 26.6 Å². The van der Waals surface area contributed by atoms with Crippen LogP contribution in [0.2, 0.25) is 0 Å². The van der Waals surface area contributed by atoms with Crippen LogP contribution in [0.25, 0.3) is 0 Å². The topological polar surface area (TPSA) is 75.3 Å². The summed E-state index contributed by atoms with van der Waals surface area (Å²) < 4.78 is 27.8. The maximum absolute atomic E-state index is 12.6. The number of benzene rings is 3. The van der Waals surface area contributed by atoms with Crippen molar-refractivity contribution in [3.63, 3.8) is 0 Å². The van der Waals surface area contributed by atoms with Crippen molar-refractivity contribution in [1.29, 1.82) is 0 Å². The van der Waals surface area contributed by atoms with E-state index >= 15 is 0 Å². The predicted octanol–water partition coefficient (Wildman–Crippen LogP) is 4.93. The zero-order chi connectivity index (χ0) is 22.4. The fraction of sp³-hybridized carbons (Fsp3) is 0.208. The highest BCUT2D eigenvalue weighted by atomic mass is 32.2. The zero-order valence-electron chi connectivity index (χ0n) is 17.8. The molecule has 0 aliphatic heterocycles. The molecule has 0 unspecified atom stereocenters. The minimum Gasteiger partial charge on any atom is -0.351 e. The number of carbonyl (C=O) groups is 1. The molecule has 3 aromatic carbocycles. The molecule has 0 aliphatic rings. The molecule has 2 N–H and O–H groups in total. The summed E-state index contributed by atoms with van der Waals surface area (Å²) in [4.78, 5) is 13.8. The number of anilines is 1. The van der Waals surface area contributed by atoms with E-state index in [4.69, 9.17) is 0 Å². The van der Waals surface area contributed by atoms with E-state index in [0.29, 0.717) is 23.4 Å². The quantitative estimate of drug-likeness (QED) is 0.374. The number of hydrogen-bond donors (Lipinski definition) is 2. The average molecular weight is 455 g/mol. The Bertz CT molecular complexity index is 1160. The summed E-state index contributed by atoms with van der Waals surface area (Å²) >= 11 is 1.69. The van der Waals surface area contributed by atoms with E-state index in [9.17, 15) is 13.2 Å². The summed E-state index contributed by atoms with van der Waals surface area (Å²) in [5.41, 5.74) is 3.83. The molecule has 1 amide bonds. The third-order valence-electron chi connectivity index (χ3n) is 4.74. The van der Waals surface area contributed by atoms with Crippen LogP contribution in [0.4, 0.5) is 5.69 Å². The van der Waals surface area contributed by atoms with Crippen molar-refractivity contribution in [1.82, 2.24) is 5.32 Å². The van der Waals surface area contributed by atoms with Gasteiger partial charge in [-0.25, -0.2) is 8.42 Å². The molecular formula is C24H26N2O3S2. The van der Waals surface area contributed by atoms with Crippen LogP contribution in [0.15, 0.2) is 76.5 Å². The molecule has 0 atom stereocenters. The number of carbonyl (C=O) groups excluding carboxylic acids is 1. The van der Waals surface area contributed by atoms with E-state index in [0.717, 1.165) is 11.3 Å². The Hall–Kier alpha value is -2.77. The largest absolute Gasteiger partial charge is 0.351 e. The summed E-state index contributed by atoms with van der Waals surface area (Å²) in [5, 5.41) is 2.91. The Morgan fingerprint density at radius 3 is 2.10 bits per heavy atom. The van der Waals surface area contributed by atoms with E-state index in [-0.39, 0.29) is 10.8 Å². The van der Waals surface area contributed by atoms with Crippen LogP contribution in [0.5, 0.6) is 0 Å². The van der Waals surface area contributed by atoms with Gasteiger partial charge in [-0.15, -0.1) is 11.8 Å². The number of amides is 1. The second kappa shape index (κ2) is 10.0. The van der Waals surface area contributed by atoms with Gasteiger partial charge in [0.1, 0.15) is 0 Å². The smallest absolute Gasteiger partial charge is 0.261 e. The summed E-state index contributed by atoms with van der Waals surface area (Å²) in [5.74, 6) is 0.586. The van der Waals surface area contributed by atoms with Crippen LogP contribution in [0.1, 0.15) is 27.0 Å². The molecule has 0 radical (unpaired) electrons. The standard InChI is InChI=1S/C24H26N2O3S2/c1-17-4-9-21(10-5-17)30-15-14-25-24(27)20-8-13-23(19(3)16-20)26-31(28,29)22-11-6-18(2)7-12-22/h4-13,16,26H,14-15H2,1-3H3,(H,25,27). The van der Waals surface area contributed by atoms with Gasteiger partial charge in [0.25, 0.3) is 15.9 Å². The van der Waals surface area contributed by atoms with E-state index < -0.39 is 10.0 Å². The van der Waals surface area contributed by atoms with Crippen LogP contribution < -0.4 is 10.0 Å². The third-order valence-corrected chi connectivity index (χ3v) is 7.14. The van der Waals surface area contributed by atoms with Gasteiger partial charge >= 0.3 is 0 Å². The van der Waals surface area contributed by atoms with Crippen LogP contribution in [-0.2, 0) is 10.0 Å². The first-order chi connectivity index (χ1) is 14.7. The van der Waals surface area contributed by atoms with Crippen molar-refractivity contribution in [2.75, 3.05) is 17.0 Å². The van der Waals surface area contributed by atoms with Crippen molar-refractivity contribution in [3.05, 3.63) is 89.0 Å². The first-order valence-electron chi connectivity index (χ1n) is 9.92. The molecule has 31 heavy (non-hydrogen) atoms. The highest BCUT2D eigenvalue weighted by molar-refractivity contribution is 7.99. The highest BCUT2D eigenvalue weighted by Gasteiger charge is 2.16. The Morgan fingerprint density at radius 1 is 0.871 bits per heavy atom. The highest BCUT2D eigenvalue weighted by Crippen LogP contribution is 2.22. The van der Waals surface area contributed by atoms with Gasteiger partial charge in [0.2, 0.25) is 0 Å². The molecule has 0 aromatic heterocycles. The van der Waals surface area contributed by atoms with Crippen molar-refractivity contribution in [3.8, 4) is 0 Å². The van der Waals surface area contributed by atoms with E-state index in [2.05, 4.69) is 41.2 Å². The Morgan fingerprint density at radius 2 is 1.48 bits per heavy atom. The average Bonchev–Trinajstić information content (AvgIpc) is 2.74. The first kappa shape index (κ1) is 22.9. The lowest BCUT2D eigenvalue weighted by Gasteiger charge is -2.12. The van der Waals surface area contributed by atoms with Gasteiger partial charge in [-0.1, -0.05) is 35.4 Å². The first-order valence-corrected chi connectivity index (χ1v) is 12.4. The molecule has 0 fully saturated rings. The van der Waals surface area contributed by atoms with E-state index in [1.807, 2.05) is 6.92 Å². The molecule has 0 saturated heterocycles. The summed E-state index contributed by atoms with van der Waals surface area (Å²) in [6.07, 6.45) is 0. The molecule has 0 bridgehead atoms. The van der Waals surface area contributed by atoms with E-state index in [1.165, 1.54) is 10.5 Å². The number of thioether (sulfide) groups is 1. The molecule has 5 nitrogen and oxygen atoms in total. The number of rotatable bonds is 8. The molecule has 0 heterocycles. The van der Waals surface area contributed by atoms with Crippen LogP contribution >= 0.6 is 11.8 Å². The molecule has 0 saturated carbocycles. The molecule has 0 spiro atoms. The fourth-order valence-corrected chi connectivity index (χ4v) is 4.81. The zero-order valence-corrected chi connectivity index (χ0v) is 19.4. The van der Waals surface area contributed by atoms with Gasteiger partial charge in [-0.3, -0.25) is 9.52 Å². The van der Waals surface area contributed by atoms with Crippen molar-refractivity contribution in [2.24, 2.45) is 0 Å². The van der Waals surface area contributed by atoms with Crippen LogP contribution in [0.3, 0.4) is 0 Å². The fourth-order valence-electron chi connectivity index (χ4n) is 2.91. The summed E-state index contributed by atoms with van der Waals surface area (Å²) in [6, 6.07) is 19.9. The molecular weight excluding hydrogens is 428 g/mol. The molecule has 3 rings (SSSR count). The lowest BCUT2D eigenvalue weighted by molar-refractivity contribution is 0.0956. The van der Waals surface area contributed by atoms with Gasteiger partial charge in [0.15, 0.2) is 0 Å². The minimum absolute atomic E-state index is 0.180. The molecule has 0 aliphatic carbocycles. The van der Waals surface area contributed by atoms with Gasteiger partial charge in [0.05, 0.1) is 10.6 Å². The SMILES string of the molecule is Cc1ccc(SCCNC(=O)c2ccc(NS(=O)(=O)c3ccc(C)cc3)c(C)c2)cc1. The lowest BCUT2D eigenvalue weighted by atomic mass is 10.1. The van der Waals surface area contributed by atoms with Crippen molar-refractivity contribution < 1.29 is 13.2 Å². The maximum atomic E-state index is 12.6. The third kappa shape index (κ3) is 6.35. The number of aryl methyl sites for hydroxylation is 3. The second-order valence-corrected chi connectivity index (χ2v) is 10.2. The van der Waals surface area contributed by atoms with Crippen molar-refractivity contribution >= 4 is 33.4 Å². The summed E-state index contributed by atoms with van der Waals surface area (Å²) in [6.45, 7) is 6.27. The Kier molecular flexibility index (Phi) is 7.41. The van der Waals surface area contributed by atoms with Crippen LogP contribution in [0, 0.1) is 20.8 Å². The van der Waals surface area contributed by atoms with Crippen molar-refractivity contribution in [2.45, 2.75) is 30.6 Å². The lowest BCUT2D eigenvalue weighted by Crippen LogP contribution is -2.25. The Balaban J connectivity index is 1.57. The number of sulfonamides is 1. The van der Waals surface area contributed by atoms with Gasteiger partial charge in [-0.05, 0) is 68.8 Å². The molecule has 3 aromatic rings. The Labute approximate surface area is 188 Å². The molecule has 7 heteroatoms. The molecule has 162 valence electrons. The van der Waals surface area contributed by atoms with Gasteiger partial charge in [0, 0.05) is 22.8 Å². The minimum atomic E-state index is -3.69. The number of hydrogen-bond acceptors (Lipinski definition) is 4. The van der Waals surface area contributed by atoms with E-state index in [1.54, 1.807) is 61.2 Å². The monoisotopic (exact) mass is 454 g/mol. The summed E-state index contributed by atoms with van der Waals surface area (Å²) in [7, 11) is -3.69.